The smallest absolute Gasteiger partial charge is 0.424 e. The number of primary amides is 1. The van der Waals surface area contributed by atoms with Gasteiger partial charge in [-0.1, -0.05) is 54.6 Å². The van der Waals surface area contributed by atoms with E-state index in [9.17, 15) is 24.3 Å². The first kappa shape index (κ1) is 33.3. The summed E-state index contributed by atoms with van der Waals surface area (Å²) in [5.74, 6) is -2.13. The molecule has 240 valence electrons. The maximum Gasteiger partial charge on any atom is 0.424 e. The summed E-state index contributed by atoms with van der Waals surface area (Å²) >= 11 is 0. The topological polar surface area (TPSA) is 167 Å². The van der Waals surface area contributed by atoms with E-state index in [1.54, 1.807) is 44.0 Å². The van der Waals surface area contributed by atoms with Gasteiger partial charge in [0.25, 0.3) is 5.91 Å². The average Bonchev–Trinajstić information content (AvgIpc) is 2.99. The number of aliphatic hydroxyl groups is 1. The molecule has 1 saturated heterocycles. The fourth-order valence-corrected chi connectivity index (χ4v) is 5.14. The Labute approximate surface area is 262 Å². The summed E-state index contributed by atoms with van der Waals surface area (Å²) in [5, 5.41) is 21.0. The Balaban J connectivity index is 1.52. The molecule has 0 unspecified atom stereocenters. The molecule has 0 saturated carbocycles. The Kier molecular flexibility index (Phi) is 11.1. The third kappa shape index (κ3) is 9.72. The first-order valence-electron chi connectivity index (χ1n) is 15.1. The second kappa shape index (κ2) is 15.0. The van der Waals surface area contributed by atoms with Crippen LogP contribution in [0.3, 0.4) is 0 Å². The minimum atomic E-state index is -1.32. The second-order valence-corrected chi connectivity index (χ2v) is 12.2. The van der Waals surface area contributed by atoms with Crippen molar-refractivity contribution in [3.05, 3.63) is 78.0 Å². The van der Waals surface area contributed by atoms with Gasteiger partial charge in [0.15, 0.2) is 0 Å². The largest absolute Gasteiger partial charge is 0.443 e. The lowest BCUT2D eigenvalue weighted by molar-refractivity contribution is -0.128. The molecule has 4 rings (SSSR count). The van der Waals surface area contributed by atoms with E-state index >= 15 is 0 Å². The van der Waals surface area contributed by atoms with Crippen LogP contribution < -0.4 is 16.4 Å². The highest BCUT2D eigenvalue weighted by Gasteiger charge is 2.34. The normalized spacial score (nSPS) is 16.0. The first-order valence-corrected chi connectivity index (χ1v) is 15.1. The Hall–Kier alpha value is -4.55. The van der Waals surface area contributed by atoms with Gasteiger partial charge in [-0.15, -0.1) is 0 Å². The van der Waals surface area contributed by atoms with Gasteiger partial charge in [0, 0.05) is 25.0 Å². The van der Waals surface area contributed by atoms with E-state index in [-0.39, 0.29) is 18.7 Å². The van der Waals surface area contributed by atoms with Gasteiger partial charge in [-0.25, -0.2) is 19.8 Å². The monoisotopic (exact) mass is 618 g/mol. The first-order chi connectivity index (χ1) is 21.4. The van der Waals surface area contributed by atoms with E-state index < -0.39 is 54.0 Å². The number of amides is 4. The maximum absolute atomic E-state index is 13.6. The van der Waals surface area contributed by atoms with Crippen LogP contribution in [0.2, 0.25) is 0 Å². The van der Waals surface area contributed by atoms with Crippen molar-refractivity contribution in [1.29, 1.82) is 0 Å². The van der Waals surface area contributed by atoms with Gasteiger partial charge in [0.1, 0.15) is 17.3 Å². The fraction of sp³-hybridized carbons (Fsp3) is 0.424. The number of aliphatic hydroxyl groups excluding tert-OH is 1. The lowest BCUT2D eigenvalue weighted by Gasteiger charge is -2.41. The number of nitrogens with one attached hydrogen (secondary N) is 2. The number of rotatable bonds is 11. The van der Waals surface area contributed by atoms with E-state index in [1.165, 1.54) is 11.1 Å². The number of nitrogens with two attached hydrogens (primary N) is 1. The van der Waals surface area contributed by atoms with E-state index in [1.807, 2.05) is 42.5 Å². The van der Waals surface area contributed by atoms with Crippen LogP contribution in [-0.2, 0) is 20.7 Å². The SMILES string of the molecule is CC(C)(C)OC(=O)N1CCCCN1C[C@H](O)[C@H](Cc1ccccc1)NC(=O)[C@H](CC(N)=O)NC(=O)c1ccc2ccccc2n1. The van der Waals surface area contributed by atoms with Gasteiger partial charge in [0.05, 0.1) is 24.1 Å². The fourth-order valence-electron chi connectivity index (χ4n) is 5.14. The summed E-state index contributed by atoms with van der Waals surface area (Å²) in [6.07, 6.45) is -0.253. The summed E-state index contributed by atoms with van der Waals surface area (Å²) < 4.78 is 5.58. The van der Waals surface area contributed by atoms with E-state index in [2.05, 4.69) is 15.6 Å². The molecule has 45 heavy (non-hydrogen) atoms. The molecule has 1 aliphatic rings. The Bertz CT molecular complexity index is 1490. The number of pyridine rings is 1. The molecule has 5 N–H and O–H groups in total. The third-order valence-electron chi connectivity index (χ3n) is 7.33. The summed E-state index contributed by atoms with van der Waals surface area (Å²) in [6, 6.07) is 17.7. The van der Waals surface area contributed by atoms with Crippen molar-refractivity contribution in [2.45, 2.75) is 70.2 Å². The molecule has 0 radical (unpaired) electrons. The highest BCUT2D eigenvalue weighted by Crippen LogP contribution is 2.18. The minimum Gasteiger partial charge on any atom is -0.443 e. The molecule has 3 atom stereocenters. The number of β-amino-alcohol motifs (C(OH)–C–C–N with tert-alkyl or cyclic N) is 1. The van der Waals surface area contributed by atoms with Crippen molar-refractivity contribution in [2.75, 3.05) is 19.6 Å². The summed E-state index contributed by atoms with van der Waals surface area (Å²) in [6.45, 7) is 6.35. The number of hydrogen-bond acceptors (Lipinski definition) is 8. The van der Waals surface area contributed by atoms with Crippen LogP contribution in [0.25, 0.3) is 10.9 Å². The Morgan fingerprint density at radius 1 is 0.956 bits per heavy atom. The number of carbonyl (C=O) groups is 4. The number of benzene rings is 2. The molecular weight excluding hydrogens is 576 g/mol. The van der Waals surface area contributed by atoms with Crippen molar-refractivity contribution < 1.29 is 29.0 Å². The van der Waals surface area contributed by atoms with Crippen LogP contribution >= 0.6 is 0 Å². The van der Waals surface area contributed by atoms with Crippen LogP contribution in [0.4, 0.5) is 4.79 Å². The van der Waals surface area contributed by atoms with Crippen LogP contribution in [0.5, 0.6) is 0 Å². The summed E-state index contributed by atoms with van der Waals surface area (Å²) in [4.78, 5) is 56.0. The minimum absolute atomic E-state index is 0.0326. The van der Waals surface area contributed by atoms with Gasteiger partial charge in [-0.3, -0.25) is 14.4 Å². The van der Waals surface area contributed by atoms with E-state index in [4.69, 9.17) is 10.5 Å². The van der Waals surface area contributed by atoms with Crippen LogP contribution in [0.1, 0.15) is 56.1 Å². The highest BCUT2D eigenvalue weighted by molar-refractivity contribution is 5.99. The molecule has 2 aromatic carbocycles. The zero-order valence-corrected chi connectivity index (χ0v) is 25.9. The van der Waals surface area contributed by atoms with Gasteiger partial charge in [-0.2, -0.15) is 0 Å². The predicted molar refractivity (Wildman–Crippen MR) is 169 cm³/mol. The van der Waals surface area contributed by atoms with Crippen molar-refractivity contribution in [3.63, 3.8) is 0 Å². The lowest BCUT2D eigenvalue weighted by atomic mass is 9.99. The zero-order chi connectivity index (χ0) is 32.6. The van der Waals surface area contributed by atoms with Gasteiger partial charge in [0.2, 0.25) is 11.8 Å². The number of ether oxygens (including phenoxy) is 1. The molecule has 2 heterocycles. The summed E-state index contributed by atoms with van der Waals surface area (Å²) in [5.41, 5.74) is 6.29. The van der Waals surface area contributed by atoms with Gasteiger partial charge < -0.3 is 26.2 Å². The molecule has 12 heteroatoms. The molecule has 1 aromatic heterocycles. The third-order valence-corrected chi connectivity index (χ3v) is 7.33. The van der Waals surface area contributed by atoms with E-state index in [0.29, 0.717) is 18.6 Å². The molecule has 1 aliphatic heterocycles. The predicted octanol–water partition coefficient (Wildman–Crippen LogP) is 2.54. The Morgan fingerprint density at radius 2 is 1.64 bits per heavy atom. The van der Waals surface area contributed by atoms with Crippen LogP contribution in [0, 0.1) is 0 Å². The number of hydrogen-bond donors (Lipinski definition) is 4. The van der Waals surface area contributed by atoms with Crippen molar-refractivity contribution in [1.82, 2.24) is 25.6 Å². The molecule has 3 aromatic rings. The molecule has 12 nitrogen and oxygen atoms in total. The summed E-state index contributed by atoms with van der Waals surface area (Å²) in [7, 11) is 0. The second-order valence-electron chi connectivity index (χ2n) is 12.2. The van der Waals surface area contributed by atoms with Gasteiger partial charge in [-0.05, 0) is 57.7 Å². The number of carbonyl (C=O) groups excluding carboxylic acids is 4. The number of hydrazine groups is 1. The van der Waals surface area contributed by atoms with Crippen LogP contribution in [-0.4, -0.2) is 87.3 Å². The Morgan fingerprint density at radius 3 is 2.36 bits per heavy atom. The maximum atomic E-state index is 13.6. The number of para-hydroxylation sites is 1. The number of nitrogens with zero attached hydrogens (tertiary/aromatic N) is 3. The molecule has 4 amide bonds. The van der Waals surface area contributed by atoms with Crippen molar-refractivity contribution in [2.24, 2.45) is 5.73 Å². The van der Waals surface area contributed by atoms with Crippen LogP contribution in [0.15, 0.2) is 66.7 Å². The molecule has 0 bridgehead atoms. The molecule has 0 spiro atoms. The number of fused-ring (bicyclic) bond motifs is 1. The van der Waals surface area contributed by atoms with Gasteiger partial charge >= 0.3 is 6.09 Å². The zero-order valence-electron chi connectivity index (χ0n) is 25.9. The number of aromatic nitrogens is 1. The standard InChI is InChI=1S/C33H42N6O6/c1-33(2,3)45-32(44)39-18-10-9-17-38(39)21-28(40)26(19-22-11-5-4-6-12-22)36-31(43)27(20-29(34)41)37-30(42)25-16-15-23-13-7-8-14-24(23)35-25/h4-8,11-16,26-28,40H,9-10,17-21H2,1-3H3,(H2,34,41)(H,36,43)(H,37,42)/t26-,27-,28-/m0/s1. The molecule has 1 fully saturated rings. The highest BCUT2D eigenvalue weighted by atomic mass is 16.6. The molecule has 0 aliphatic carbocycles. The average molecular weight is 619 g/mol. The molecular formula is C33H42N6O6. The van der Waals surface area contributed by atoms with Crippen molar-refractivity contribution >= 4 is 34.7 Å². The van der Waals surface area contributed by atoms with E-state index in [0.717, 1.165) is 23.8 Å². The lowest BCUT2D eigenvalue weighted by Crippen LogP contribution is -2.59. The quantitative estimate of drug-likeness (QED) is 0.254. The van der Waals surface area contributed by atoms with Crippen molar-refractivity contribution in [3.8, 4) is 0 Å².